The van der Waals surface area contributed by atoms with Crippen LogP contribution in [-0.4, -0.2) is 18.6 Å². The van der Waals surface area contributed by atoms with Crippen LogP contribution >= 0.6 is 11.3 Å². The molecule has 5 nitrogen and oxygen atoms in total. The van der Waals surface area contributed by atoms with Crippen molar-refractivity contribution in [2.75, 3.05) is 0 Å². The van der Waals surface area contributed by atoms with Crippen LogP contribution in [0.3, 0.4) is 0 Å². The Morgan fingerprint density at radius 1 is 1.25 bits per heavy atom. The van der Waals surface area contributed by atoms with Crippen LogP contribution in [0.1, 0.15) is 31.2 Å². The summed E-state index contributed by atoms with van der Waals surface area (Å²) in [7, 11) is -3.69. The van der Waals surface area contributed by atoms with Crippen molar-refractivity contribution in [1.82, 2.24) is 10.2 Å². The lowest BCUT2D eigenvalue weighted by atomic mass is 9.91. The monoisotopic (exact) mass is 423 g/mol. The number of nitrogens with two attached hydrogens (primary N) is 1. The molecule has 1 heterocycles. The molecular weight excluding hydrogens is 404 g/mol. The van der Waals surface area contributed by atoms with Crippen molar-refractivity contribution < 1.29 is 17.2 Å². The molecule has 148 valence electrons. The third-order valence-corrected chi connectivity index (χ3v) is 7.67. The Balaban J connectivity index is 1.56. The zero-order valence-corrected chi connectivity index (χ0v) is 16.9. The van der Waals surface area contributed by atoms with E-state index in [1.54, 1.807) is 12.2 Å². The van der Waals surface area contributed by atoms with Crippen LogP contribution in [-0.2, 0) is 10.0 Å². The van der Waals surface area contributed by atoms with E-state index in [9.17, 15) is 17.2 Å². The number of hydrogen-bond acceptors (Lipinski definition) is 5. The standard InChI is InChI=1S/C19H19F2N3O2S2/c1-19(2)15(10-3-6-12(7-4-10)28(22,25)26)16(19)18-24-23-17(27-18)13-8-5-11(20)9-14(13)21/h3,5-10,15-16H,4H2,1-2H3,(H2,22,25,26)/t10?,15-,16+/m1/s1. The minimum absolute atomic E-state index is 0.0416. The second-order valence-electron chi connectivity index (χ2n) is 7.80. The maximum Gasteiger partial charge on any atom is 0.237 e. The molecule has 1 saturated carbocycles. The average Bonchev–Trinajstić information content (AvgIpc) is 2.95. The van der Waals surface area contributed by atoms with Crippen molar-refractivity contribution in [2.24, 2.45) is 22.4 Å². The van der Waals surface area contributed by atoms with Gasteiger partial charge >= 0.3 is 0 Å². The lowest BCUT2D eigenvalue weighted by Gasteiger charge is -2.16. The minimum atomic E-state index is -3.69. The van der Waals surface area contributed by atoms with Gasteiger partial charge in [0.2, 0.25) is 10.0 Å². The summed E-state index contributed by atoms with van der Waals surface area (Å²) >= 11 is 1.31. The molecule has 0 aliphatic heterocycles. The smallest absolute Gasteiger partial charge is 0.225 e. The van der Waals surface area contributed by atoms with Gasteiger partial charge in [0, 0.05) is 17.5 Å². The molecule has 1 aromatic carbocycles. The molecule has 1 unspecified atom stereocenters. The van der Waals surface area contributed by atoms with Crippen molar-refractivity contribution >= 4 is 21.4 Å². The topological polar surface area (TPSA) is 85.9 Å². The van der Waals surface area contributed by atoms with E-state index in [4.69, 9.17) is 5.14 Å². The molecule has 1 fully saturated rings. The summed E-state index contributed by atoms with van der Waals surface area (Å²) in [5, 5.41) is 14.8. The predicted molar refractivity (Wildman–Crippen MR) is 104 cm³/mol. The summed E-state index contributed by atoms with van der Waals surface area (Å²) in [5.74, 6) is -0.724. The fourth-order valence-electron chi connectivity index (χ4n) is 4.17. The van der Waals surface area contributed by atoms with Gasteiger partial charge in [-0.2, -0.15) is 0 Å². The van der Waals surface area contributed by atoms with E-state index in [-0.39, 0.29) is 33.6 Å². The van der Waals surface area contributed by atoms with Gasteiger partial charge in [0.25, 0.3) is 0 Å². The summed E-state index contributed by atoms with van der Waals surface area (Å²) in [6.45, 7) is 4.27. The number of aromatic nitrogens is 2. The number of rotatable bonds is 4. The predicted octanol–water partition coefficient (Wildman–Crippen LogP) is 3.97. The lowest BCUT2D eigenvalue weighted by Crippen LogP contribution is -2.16. The third-order valence-electron chi connectivity index (χ3n) is 5.67. The van der Waals surface area contributed by atoms with Crippen LogP contribution in [0.15, 0.2) is 41.3 Å². The number of hydrogen-bond donors (Lipinski definition) is 1. The molecule has 4 rings (SSSR count). The van der Waals surface area contributed by atoms with Crippen molar-refractivity contribution in [3.05, 3.63) is 58.0 Å². The molecule has 0 radical (unpaired) electrons. The fourth-order valence-corrected chi connectivity index (χ4v) is 5.99. The van der Waals surface area contributed by atoms with Crippen molar-refractivity contribution in [3.63, 3.8) is 0 Å². The van der Waals surface area contributed by atoms with Gasteiger partial charge in [-0.1, -0.05) is 37.3 Å². The van der Waals surface area contributed by atoms with Gasteiger partial charge in [0.1, 0.15) is 16.6 Å². The molecule has 28 heavy (non-hydrogen) atoms. The van der Waals surface area contributed by atoms with Gasteiger partial charge < -0.3 is 0 Å². The van der Waals surface area contributed by atoms with E-state index in [2.05, 4.69) is 24.0 Å². The SMILES string of the molecule is CC1(C)[C@H](c2nnc(-c3ccc(F)cc3F)s2)[C@H]1C1C=CC(S(N)(=O)=O)=CC1. The second-order valence-corrected chi connectivity index (χ2v) is 10.4. The quantitative estimate of drug-likeness (QED) is 0.806. The van der Waals surface area contributed by atoms with Crippen molar-refractivity contribution in [3.8, 4) is 10.6 Å². The highest BCUT2D eigenvalue weighted by atomic mass is 32.2. The Labute approximate surface area is 166 Å². The van der Waals surface area contributed by atoms with Gasteiger partial charge in [-0.15, -0.1) is 10.2 Å². The molecule has 3 atom stereocenters. The highest BCUT2D eigenvalue weighted by molar-refractivity contribution is 7.93. The van der Waals surface area contributed by atoms with Gasteiger partial charge in [0.05, 0.1) is 4.91 Å². The van der Waals surface area contributed by atoms with Crippen molar-refractivity contribution in [2.45, 2.75) is 26.2 Å². The molecule has 2 aromatic rings. The minimum Gasteiger partial charge on any atom is -0.225 e. The maximum atomic E-state index is 14.0. The molecule has 2 aliphatic carbocycles. The van der Waals surface area contributed by atoms with Gasteiger partial charge in [-0.05, 0) is 41.9 Å². The zero-order valence-electron chi connectivity index (χ0n) is 15.3. The largest absolute Gasteiger partial charge is 0.237 e. The van der Waals surface area contributed by atoms with E-state index in [1.807, 2.05) is 6.08 Å². The first-order valence-electron chi connectivity index (χ1n) is 8.79. The average molecular weight is 424 g/mol. The number of sulfonamides is 1. The van der Waals surface area contributed by atoms with Gasteiger partial charge in [0.15, 0.2) is 5.01 Å². The van der Waals surface area contributed by atoms with Crippen LogP contribution in [0.25, 0.3) is 10.6 Å². The number of nitrogens with zero attached hydrogens (tertiary/aromatic N) is 2. The Morgan fingerprint density at radius 2 is 2.00 bits per heavy atom. The lowest BCUT2D eigenvalue weighted by molar-refractivity contribution is 0.459. The number of halogens is 2. The molecular formula is C19H19F2N3O2S2. The number of allylic oxidation sites excluding steroid dienone is 3. The van der Waals surface area contributed by atoms with Crippen LogP contribution in [0.2, 0.25) is 0 Å². The summed E-state index contributed by atoms with van der Waals surface area (Å²) < 4.78 is 50.1. The highest BCUT2D eigenvalue weighted by Crippen LogP contribution is 2.68. The van der Waals surface area contributed by atoms with E-state index in [0.717, 1.165) is 11.1 Å². The van der Waals surface area contributed by atoms with Crippen molar-refractivity contribution in [1.29, 1.82) is 0 Å². The summed E-state index contributed by atoms with van der Waals surface area (Å²) in [6, 6.07) is 3.40. The third kappa shape index (κ3) is 3.31. The molecule has 0 saturated heterocycles. The number of primary sulfonamides is 1. The van der Waals surface area contributed by atoms with Gasteiger partial charge in [-0.3, -0.25) is 0 Å². The molecule has 1 aromatic heterocycles. The van der Waals surface area contributed by atoms with Crippen LogP contribution < -0.4 is 5.14 Å². The van der Waals surface area contributed by atoms with E-state index >= 15 is 0 Å². The molecule has 9 heteroatoms. The van der Waals surface area contributed by atoms with E-state index < -0.39 is 21.7 Å². The summed E-state index contributed by atoms with van der Waals surface area (Å²) in [4.78, 5) is 0.142. The Bertz CT molecular complexity index is 1110. The Hall–Kier alpha value is -1.97. The second kappa shape index (κ2) is 6.53. The normalized spacial score (nSPS) is 26.2. The van der Waals surface area contributed by atoms with Crippen LogP contribution in [0, 0.1) is 28.9 Å². The summed E-state index contributed by atoms with van der Waals surface area (Å²) in [6.07, 6.45) is 5.71. The maximum absolute atomic E-state index is 14.0. The van der Waals surface area contributed by atoms with Crippen LogP contribution in [0.4, 0.5) is 8.78 Å². The first-order chi connectivity index (χ1) is 13.1. The highest BCUT2D eigenvalue weighted by Gasteiger charge is 2.62. The zero-order chi connectivity index (χ0) is 20.3. The molecule has 0 bridgehead atoms. The first-order valence-corrected chi connectivity index (χ1v) is 11.2. The Morgan fingerprint density at radius 3 is 2.61 bits per heavy atom. The molecule has 0 amide bonds. The Kier molecular flexibility index (Phi) is 4.52. The first kappa shape index (κ1) is 19.4. The fraction of sp³-hybridized carbons (Fsp3) is 0.368. The van der Waals surface area contributed by atoms with Crippen LogP contribution in [0.5, 0.6) is 0 Å². The molecule has 0 spiro atoms. The summed E-state index contributed by atoms with van der Waals surface area (Å²) in [5.41, 5.74) is 0.193. The molecule has 2 N–H and O–H groups in total. The molecule has 2 aliphatic rings. The van der Waals surface area contributed by atoms with E-state index in [1.165, 1.54) is 23.5 Å². The van der Waals surface area contributed by atoms with E-state index in [0.29, 0.717) is 11.4 Å². The van der Waals surface area contributed by atoms with Gasteiger partial charge in [-0.25, -0.2) is 22.3 Å². The number of benzene rings is 1.